The van der Waals surface area contributed by atoms with E-state index in [4.69, 9.17) is 4.74 Å². The predicted octanol–water partition coefficient (Wildman–Crippen LogP) is 3.18. The second kappa shape index (κ2) is 8.12. The highest BCUT2D eigenvalue weighted by Crippen LogP contribution is 2.30. The number of rotatable bonds is 5. The summed E-state index contributed by atoms with van der Waals surface area (Å²) in [5.74, 6) is 0.211. The van der Waals surface area contributed by atoms with Crippen LogP contribution in [0.4, 0.5) is 4.39 Å². The van der Waals surface area contributed by atoms with Gasteiger partial charge in [0.05, 0.1) is 6.10 Å². The number of hydrogen-bond acceptors (Lipinski definition) is 3. The number of likely N-dealkylation sites (tertiary alicyclic amines) is 1. The van der Waals surface area contributed by atoms with Crippen LogP contribution < -0.4 is 4.74 Å². The molecule has 0 radical (unpaired) electrons. The maximum Gasteiger partial charge on any atom is 0.260 e. The summed E-state index contributed by atoms with van der Waals surface area (Å²) in [7, 11) is 0. The van der Waals surface area contributed by atoms with Crippen molar-refractivity contribution in [3.05, 3.63) is 66.0 Å². The number of carbonyl (C=O) groups is 1. The lowest BCUT2D eigenvalue weighted by Gasteiger charge is -2.34. The number of halogens is 1. The molecule has 0 aliphatic carbocycles. The molecule has 0 saturated carbocycles. The van der Waals surface area contributed by atoms with Crippen LogP contribution in [0.2, 0.25) is 0 Å². The highest BCUT2D eigenvalue weighted by Gasteiger charge is 2.28. The van der Waals surface area contributed by atoms with E-state index >= 15 is 0 Å². The van der Waals surface area contributed by atoms with Crippen LogP contribution in [-0.4, -0.2) is 35.6 Å². The average Bonchev–Trinajstić information content (AvgIpc) is 2.67. The Morgan fingerprint density at radius 1 is 1.12 bits per heavy atom. The van der Waals surface area contributed by atoms with Gasteiger partial charge in [-0.2, -0.15) is 0 Å². The van der Waals surface area contributed by atoms with Gasteiger partial charge in [0.1, 0.15) is 11.6 Å². The number of benzene rings is 2. The normalized spacial score (nSPS) is 16.5. The average molecular weight is 343 g/mol. The first-order valence-electron chi connectivity index (χ1n) is 8.52. The Labute approximate surface area is 146 Å². The van der Waals surface area contributed by atoms with Crippen LogP contribution in [0.5, 0.6) is 5.75 Å². The molecule has 25 heavy (non-hydrogen) atoms. The number of piperidine rings is 1. The summed E-state index contributed by atoms with van der Waals surface area (Å²) in [6.45, 7) is 1.16. The van der Waals surface area contributed by atoms with Crippen LogP contribution in [0.3, 0.4) is 0 Å². The highest BCUT2D eigenvalue weighted by atomic mass is 19.1. The van der Waals surface area contributed by atoms with Crippen molar-refractivity contribution in [2.75, 3.05) is 19.7 Å². The summed E-state index contributed by atoms with van der Waals surface area (Å²) in [4.78, 5) is 14.0. The second-order valence-corrected chi connectivity index (χ2v) is 6.32. The molecule has 1 N–H and O–H groups in total. The number of aliphatic hydroxyl groups excluding tert-OH is 1. The van der Waals surface area contributed by atoms with Crippen molar-refractivity contribution in [2.45, 2.75) is 18.9 Å². The van der Waals surface area contributed by atoms with Crippen LogP contribution in [0.25, 0.3) is 0 Å². The largest absolute Gasteiger partial charge is 0.484 e. The highest BCUT2D eigenvalue weighted by molar-refractivity contribution is 5.77. The zero-order chi connectivity index (χ0) is 17.6. The fourth-order valence-corrected chi connectivity index (χ4v) is 3.15. The standard InChI is InChI=1S/C20H22FNO3/c21-17-6-8-18(9-7-17)25-14-19(23)22-12-10-16(11-13-22)20(24)15-4-2-1-3-5-15/h1-9,16,20,24H,10-14H2. The molecule has 4 nitrogen and oxygen atoms in total. The Hall–Kier alpha value is -2.40. The van der Waals surface area contributed by atoms with Gasteiger partial charge in [0.15, 0.2) is 6.61 Å². The smallest absolute Gasteiger partial charge is 0.260 e. The molecule has 1 unspecified atom stereocenters. The van der Waals surface area contributed by atoms with Gasteiger partial charge < -0.3 is 14.7 Å². The van der Waals surface area contributed by atoms with E-state index in [9.17, 15) is 14.3 Å². The third-order valence-corrected chi connectivity index (χ3v) is 4.66. The van der Waals surface area contributed by atoms with E-state index in [1.54, 1.807) is 4.90 Å². The molecular weight excluding hydrogens is 321 g/mol. The molecule has 1 fully saturated rings. The van der Waals surface area contributed by atoms with Crippen molar-refractivity contribution < 1.29 is 19.0 Å². The minimum atomic E-state index is -0.492. The molecule has 0 aromatic heterocycles. The fraction of sp³-hybridized carbons (Fsp3) is 0.350. The molecule has 0 bridgehead atoms. The molecule has 132 valence electrons. The third kappa shape index (κ3) is 4.57. The Morgan fingerprint density at radius 2 is 1.76 bits per heavy atom. The number of ether oxygens (including phenoxy) is 1. The number of hydrogen-bond donors (Lipinski definition) is 1. The number of amides is 1. The third-order valence-electron chi connectivity index (χ3n) is 4.66. The van der Waals surface area contributed by atoms with Crippen LogP contribution >= 0.6 is 0 Å². The Bertz CT molecular complexity index is 682. The lowest BCUT2D eigenvalue weighted by Crippen LogP contribution is -2.42. The molecular formula is C20H22FNO3. The molecule has 2 aromatic rings. The molecule has 0 spiro atoms. The van der Waals surface area contributed by atoms with E-state index in [0.717, 1.165) is 18.4 Å². The summed E-state index contributed by atoms with van der Waals surface area (Å²) in [5, 5.41) is 10.5. The quantitative estimate of drug-likeness (QED) is 0.907. The summed E-state index contributed by atoms with van der Waals surface area (Å²) < 4.78 is 18.3. The lowest BCUT2D eigenvalue weighted by molar-refractivity contribution is -0.135. The van der Waals surface area contributed by atoms with E-state index in [-0.39, 0.29) is 24.2 Å². The number of carbonyl (C=O) groups excluding carboxylic acids is 1. The molecule has 1 amide bonds. The summed E-state index contributed by atoms with van der Waals surface area (Å²) in [6.07, 6.45) is 1.03. The van der Waals surface area contributed by atoms with E-state index < -0.39 is 6.10 Å². The van der Waals surface area contributed by atoms with Gasteiger partial charge >= 0.3 is 0 Å². The molecule has 1 aliphatic heterocycles. The van der Waals surface area contributed by atoms with E-state index in [2.05, 4.69) is 0 Å². The topological polar surface area (TPSA) is 49.8 Å². The van der Waals surface area contributed by atoms with Gasteiger partial charge in [-0.3, -0.25) is 4.79 Å². The van der Waals surface area contributed by atoms with E-state index in [1.807, 2.05) is 30.3 Å². The molecule has 1 aliphatic rings. The fourth-order valence-electron chi connectivity index (χ4n) is 3.15. The minimum absolute atomic E-state index is 0.0580. The molecule has 3 rings (SSSR count). The molecule has 1 saturated heterocycles. The van der Waals surface area contributed by atoms with Crippen LogP contribution in [0.1, 0.15) is 24.5 Å². The zero-order valence-corrected chi connectivity index (χ0v) is 14.0. The van der Waals surface area contributed by atoms with E-state index in [0.29, 0.717) is 18.8 Å². The van der Waals surface area contributed by atoms with Gasteiger partial charge in [0.25, 0.3) is 5.91 Å². The Balaban J connectivity index is 1.46. The van der Waals surface area contributed by atoms with Gasteiger partial charge in [-0.1, -0.05) is 30.3 Å². The second-order valence-electron chi connectivity index (χ2n) is 6.32. The van der Waals surface area contributed by atoms with Gasteiger partial charge in [-0.25, -0.2) is 4.39 Å². The first kappa shape index (κ1) is 17.4. The van der Waals surface area contributed by atoms with Crippen molar-refractivity contribution in [1.82, 2.24) is 4.90 Å². The number of nitrogens with zero attached hydrogens (tertiary/aromatic N) is 1. The van der Waals surface area contributed by atoms with Gasteiger partial charge in [0, 0.05) is 13.1 Å². The maximum atomic E-state index is 12.8. The molecule has 5 heteroatoms. The lowest BCUT2D eigenvalue weighted by atomic mass is 9.87. The monoisotopic (exact) mass is 343 g/mol. The van der Waals surface area contributed by atoms with Gasteiger partial charge in [-0.05, 0) is 48.6 Å². The first-order chi connectivity index (χ1) is 12.1. The zero-order valence-electron chi connectivity index (χ0n) is 14.0. The molecule has 2 aromatic carbocycles. The maximum absolute atomic E-state index is 12.8. The summed E-state index contributed by atoms with van der Waals surface area (Å²) in [6, 6.07) is 15.2. The van der Waals surface area contributed by atoms with Gasteiger partial charge in [0.2, 0.25) is 0 Å². The van der Waals surface area contributed by atoms with Crippen molar-refractivity contribution in [3.8, 4) is 5.75 Å². The molecule has 1 heterocycles. The van der Waals surface area contributed by atoms with E-state index in [1.165, 1.54) is 24.3 Å². The predicted molar refractivity (Wildman–Crippen MR) is 92.6 cm³/mol. The van der Waals surface area contributed by atoms with Crippen LogP contribution in [-0.2, 0) is 4.79 Å². The summed E-state index contributed by atoms with van der Waals surface area (Å²) in [5.41, 5.74) is 0.923. The van der Waals surface area contributed by atoms with Crippen LogP contribution in [0.15, 0.2) is 54.6 Å². The van der Waals surface area contributed by atoms with Crippen LogP contribution in [0, 0.1) is 11.7 Å². The number of aliphatic hydroxyl groups is 1. The Morgan fingerprint density at radius 3 is 2.40 bits per heavy atom. The Kier molecular flexibility index (Phi) is 5.66. The minimum Gasteiger partial charge on any atom is -0.484 e. The SMILES string of the molecule is O=C(COc1ccc(F)cc1)N1CCC(C(O)c2ccccc2)CC1. The van der Waals surface area contributed by atoms with Crippen molar-refractivity contribution in [3.63, 3.8) is 0 Å². The van der Waals surface area contributed by atoms with Crippen molar-refractivity contribution in [2.24, 2.45) is 5.92 Å². The first-order valence-corrected chi connectivity index (χ1v) is 8.52. The molecule has 1 atom stereocenters. The summed E-state index contributed by atoms with van der Waals surface area (Å²) >= 11 is 0. The van der Waals surface area contributed by atoms with Gasteiger partial charge in [-0.15, -0.1) is 0 Å². The van der Waals surface area contributed by atoms with Crippen molar-refractivity contribution in [1.29, 1.82) is 0 Å². The van der Waals surface area contributed by atoms with Crippen molar-refractivity contribution >= 4 is 5.91 Å².